The first-order valence-electron chi connectivity index (χ1n) is 8.09. The number of hydrogen-bond acceptors (Lipinski definition) is 3. The van der Waals surface area contributed by atoms with E-state index < -0.39 is 0 Å². The van der Waals surface area contributed by atoms with Gasteiger partial charge in [0.2, 0.25) is 0 Å². The Hall–Kier alpha value is -1.84. The summed E-state index contributed by atoms with van der Waals surface area (Å²) in [7, 11) is 0. The third kappa shape index (κ3) is 7.31. The molecule has 0 spiro atoms. The Balaban J connectivity index is 2.49. The first kappa shape index (κ1) is 19.2. The SMILES string of the molecule is CC(C)(C)Oc1cccc(C(=O)NCCCC(=O)C(C)(C)C)c1. The molecule has 0 bridgehead atoms. The first-order valence-corrected chi connectivity index (χ1v) is 8.09. The van der Waals surface area contributed by atoms with Gasteiger partial charge in [0.05, 0.1) is 0 Å². The van der Waals surface area contributed by atoms with Crippen LogP contribution in [-0.4, -0.2) is 23.8 Å². The van der Waals surface area contributed by atoms with Crippen molar-refractivity contribution in [2.24, 2.45) is 5.41 Å². The predicted octanol–water partition coefficient (Wildman–Crippen LogP) is 3.99. The molecule has 1 N–H and O–H groups in total. The molecular formula is C19H29NO3. The highest BCUT2D eigenvalue weighted by Crippen LogP contribution is 2.19. The molecule has 0 heterocycles. The topological polar surface area (TPSA) is 55.4 Å². The van der Waals surface area contributed by atoms with E-state index in [1.807, 2.05) is 47.6 Å². The number of ether oxygens (including phenoxy) is 1. The van der Waals surface area contributed by atoms with Gasteiger partial charge >= 0.3 is 0 Å². The molecule has 0 saturated carbocycles. The minimum atomic E-state index is -0.317. The Morgan fingerprint density at radius 2 is 1.74 bits per heavy atom. The van der Waals surface area contributed by atoms with Crippen molar-refractivity contribution in [2.45, 2.75) is 60.0 Å². The lowest BCUT2D eigenvalue weighted by molar-refractivity contribution is -0.126. The van der Waals surface area contributed by atoms with Gasteiger partial charge in [0.15, 0.2) is 0 Å². The van der Waals surface area contributed by atoms with Crippen LogP contribution in [0.25, 0.3) is 0 Å². The molecule has 4 nitrogen and oxygen atoms in total. The highest BCUT2D eigenvalue weighted by Gasteiger charge is 2.20. The standard InChI is InChI=1S/C19H29NO3/c1-18(2,3)16(21)11-8-12-20-17(22)14-9-7-10-15(13-14)23-19(4,5)6/h7,9-10,13H,8,11-12H2,1-6H3,(H,20,22). The smallest absolute Gasteiger partial charge is 0.251 e. The van der Waals surface area contributed by atoms with Crippen molar-refractivity contribution in [3.8, 4) is 5.75 Å². The fourth-order valence-electron chi connectivity index (χ4n) is 1.98. The van der Waals surface area contributed by atoms with Gasteiger partial charge in [-0.25, -0.2) is 0 Å². The van der Waals surface area contributed by atoms with Crippen LogP contribution < -0.4 is 10.1 Å². The molecule has 23 heavy (non-hydrogen) atoms. The summed E-state index contributed by atoms with van der Waals surface area (Å²) in [4.78, 5) is 24.0. The molecule has 1 aromatic rings. The average molecular weight is 319 g/mol. The number of amides is 1. The molecule has 0 atom stereocenters. The van der Waals surface area contributed by atoms with Crippen LogP contribution in [0.2, 0.25) is 0 Å². The van der Waals surface area contributed by atoms with Crippen LogP contribution in [0.5, 0.6) is 5.75 Å². The third-order valence-electron chi connectivity index (χ3n) is 3.22. The monoisotopic (exact) mass is 319 g/mol. The molecule has 128 valence electrons. The normalized spacial score (nSPS) is 11.9. The van der Waals surface area contributed by atoms with Crippen LogP contribution in [0.3, 0.4) is 0 Å². The van der Waals surface area contributed by atoms with Crippen LogP contribution in [-0.2, 0) is 4.79 Å². The predicted molar refractivity (Wildman–Crippen MR) is 92.9 cm³/mol. The van der Waals surface area contributed by atoms with E-state index in [1.54, 1.807) is 18.2 Å². The van der Waals surface area contributed by atoms with Gasteiger partial charge in [-0.15, -0.1) is 0 Å². The molecule has 1 aromatic carbocycles. The van der Waals surface area contributed by atoms with Gasteiger partial charge in [-0.05, 0) is 45.4 Å². The van der Waals surface area contributed by atoms with Gasteiger partial charge in [-0.1, -0.05) is 26.8 Å². The number of carbonyl (C=O) groups is 2. The Morgan fingerprint density at radius 1 is 1.09 bits per heavy atom. The molecule has 0 aliphatic rings. The second kappa shape index (κ2) is 7.62. The van der Waals surface area contributed by atoms with Crippen molar-refractivity contribution in [3.05, 3.63) is 29.8 Å². The summed E-state index contributed by atoms with van der Waals surface area (Å²) in [5, 5.41) is 2.85. The summed E-state index contributed by atoms with van der Waals surface area (Å²) in [5.41, 5.74) is -0.0562. The lowest BCUT2D eigenvalue weighted by Crippen LogP contribution is -2.27. The van der Waals surface area contributed by atoms with Crippen molar-refractivity contribution in [3.63, 3.8) is 0 Å². The van der Waals surface area contributed by atoms with E-state index in [-0.39, 0.29) is 22.7 Å². The molecule has 1 amide bonds. The quantitative estimate of drug-likeness (QED) is 0.807. The minimum Gasteiger partial charge on any atom is -0.488 e. The summed E-state index contributed by atoms with van der Waals surface area (Å²) in [6.45, 7) is 12.1. The molecule has 0 aliphatic carbocycles. The van der Waals surface area contributed by atoms with Crippen molar-refractivity contribution in [1.29, 1.82) is 0 Å². The van der Waals surface area contributed by atoms with Crippen LogP contribution in [0, 0.1) is 5.41 Å². The maximum absolute atomic E-state index is 12.2. The minimum absolute atomic E-state index is 0.146. The van der Waals surface area contributed by atoms with Gasteiger partial charge in [-0.2, -0.15) is 0 Å². The number of Topliss-reactive ketones (excluding diaryl/α,β-unsaturated/α-hetero) is 1. The number of ketones is 1. The van der Waals surface area contributed by atoms with Crippen molar-refractivity contribution >= 4 is 11.7 Å². The lowest BCUT2D eigenvalue weighted by Gasteiger charge is -2.21. The van der Waals surface area contributed by atoms with Crippen molar-refractivity contribution < 1.29 is 14.3 Å². The summed E-state index contributed by atoms with van der Waals surface area (Å²) >= 11 is 0. The highest BCUT2D eigenvalue weighted by molar-refractivity contribution is 5.94. The fourth-order valence-corrected chi connectivity index (χ4v) is 1.98. The molecule has 0 aliphatic heterocycles. The molecule has 0 radical (unpaired) electrons. The molecule has 0 fully saturated rings. The van der Waals surface area contributed by atoms with E-state index in [4.69, 9.17) is 4.74 Å². The third-order valence-corrected chi connectivity index (χ3v) is 3.22. The van der Waals surface area contributed by atoms with Crippen LogP contribution in [0.4, 0.5) is 0 Å². The average Bonchev–Trinajstić information content (AvgIpc) is 2.40. The largest absolute Gasteiger partial charge is 0.488 e. The Labute approximate surface area is 139 Å². The molecular weight excluding hydrogens is 290 g/mol. The number of carbonyl (C=O) groups excluding carboxylic acids is 2. The molecule has 0 unspecified atom stereocenters. The van der Waals surface area contributed by atoms with E-state index in [2.05, 4.69) is 5.32 Å². The van der Waals surface area contributed by atoms with Gasteiger partial charge in [0, 0.05) is 23.9 Å². The molecule has 1 rings (SSSR count). The van der Waals surface area contributed by atoms with Crippen LogP contribution in [0.1, 0.15) is 64.7 Å². The summed E-state index contributed by atoms with van der Waals surface area (Å²) in [6.07, 6.45) is 1.14. The summed E-state index contributed by atoms with van der Waals surface area (Å²) in [6, 6.07) is 7.13. The maximum atomic E-state index is 12.2. The van der Waals surface area contributed by atoms with Gasteiger partial charge in [-0.3, -0.25) is 9.59 Å². The zero-order valence-corrected chi connectivity index (χ0v) is 15.2. The van der Waals surface area contributed by atoms with Gasteiger partial charge in [0.1, 0.15) is 17.1 Å². The fraction of sp³-hybridized carbons (Fsp3) is 0.579. The summed E-state index contributed by atoms with van der Waals surface area (Å²) < 4.78 is 5.76. The van der Waals surface area contributed by atoms with E-state index >= 15 is 0 Å². The van der Waals surface area contributed by atoms with Crippen molar-refractivity contribution in [1.82, 2.24) is 5.32 Å². The van der Waals surface area contributed by atoms with Crippen molar-refractivity contribution in [2.75, 3.05) is 6.54 Å². The molecule has 0 saturated heterocycles. The Kier molecular flexibility index (Phi) is 6.37. The maximum Gasteiger partial charge on any atom is 0.251 e. The number of hydrogen-bond donors (Lipinski definition) is 1. The zero-order chi connectivity index (χ0) is 17.7. The Bertz CT molecular complexity index is 550. The Morgan fingerprint density at radius 3 is 2.30 bits per heavy atom. The van der Waals surface area contributed by atoms with Gasteiger partial charge in [0.25, 0.3) is 5.91 Å². The van der Waals surface area contributed by atoms with Gasteiger partial charge < -0.3 is 10.1 Å². The second-order valence-electron chi connectivity index (χ2n) is 7.77. The van der Waals surface area contributed by atoms with Crippen LogP contribution >= 0.6 is 0 Å². The molecule has 0 aromatic heterocycles. The highest BCUT2D eigenvalue weighted by atomic mass is 16.5. The van der Waals surface area contributed by atoms with E-state index in [1.165, 1.54) is 0 Å². The van der Waals surface area contributed by atoms with E-state index in [0.717, 1.165) is 0 Å². The van der Waals surface area contributed by atoms with E-state index in [9.17, 15) is 9.59 Å². The number of benzene rings is 1. The zero-order valence-electron chi connectivity index (χ0n) is 15.2. The molecule has 4 heteroatoms. The second-order valence-corrected chi connectivity index (χ2v) is 7.77. The lowest BCUT2D eigenvalue weighted by atomic mass is 9.88. The van der Waals surface area contributed by atoms with E-state index in [0.29, 0.717) is 30.7 Å². The first-order chi connectivity index (χ1) is 10.5. The number of nitrogens with one attached hydrogen (secondary N) is 1. The van der Waals surface area contributed by atoms with Crippen LogP contribution in [0.15, 0.2) is 24.3 Å². The summed E-state index contributed by atoms with van der Waals surface area (Å²) in [5.74, 6) is 0.743. The number of rotatable bonds is 6.